The van der Waals surface area contributed by atoms with Crippen molar-refractivity contribution in [2.24, 2.45) is 0 Å². The Morgan fingerprint density at radius 2 is 2.21 bits per heavy atom. The Morgan fingerprint density at radius 1 is 1.64 bits per heavy atom. The molecule has 0 fully saturated rings. The maximum absolute atomic E-state index is 10.9. The lowest BCUT2D eigenvalue weighted by molar-refractivity contribution is -0.0597. The van der Waals surface area contributed by atoms with Gasteiger partial charge in [0.05, 0.1) is 6.61 Å². The van der Waals surface area contributed by atoms with Crippen molar-refractivity contribution in [1.82, 2.24) is 0 Å². The van der Waals surface area contributed by atoms with Crippen LogP contribution in [0, 0.1) is 0 Å². The third-order valence-corrected chi connectivity index (χ3v) is 2.10. The molecule has 0 aliphatic rings. The molecule has 14 heavy (non-hydrogen) atoms. The monoisotopic (exact) mass is 226 g/mol. The highest BCUT2D eigenvalue weighted by molar-refractivity contribution is 7.70. The first-order valence-electron chi connectivity index (χ1n) is 3.52. The summed E-state index contributed by atoms with van der Waals surface area (Å²) in [5, 5.41) is 16.9. The van der Waals surface area contributed by atoms with Crippen LogP contribution in [0.15, 0.2) is 12.7 Å². The van der Waals surface area contributed by atoms with Crippen molar-refractivity contribution < 1.29 is 33.7 Å². The fourth-order valence-corrected chi connectivity index (χ4v) is 1.17. The van der Waals surface area contributed by atoms with Gasteiger partial charge in [-0.2, -0.15) is 0 Å². The predicted molar refractivity (Wildman–Crippen MR) is 45.5 cm³/mol. The minimum absolute atomic E-state index is 0.248. The van der Waals surface area contributed by atoms with Crippen LogP contribution in [0.3, 0.4) is 0 Å². The van der Waals surface area contributed by atoms with Gasteiger partial charge in [0.25, 0.3) is 0 Å². The summed E-state index contributed by atoms with van der Waals surface area (Å²) in [6.07, 6.45) is -0.706. The molecule has 2 atom stereocenters. The van der Waals surface area contributed by atoms with Crippen molar-refractivity contribution >= 4 is 13.3 Å². The molecule has 0 heterocycles. The molecule has 0 bridgehead atoms. The second-order valence-corrected chi connectivity index (χ2v) is 3.75. The van der Waals surface area contributed by atoms with E-state index in [1.165, 1.54) is 6.08 Å². The van der Waals surface area contributed by atoms with Gasteiger partial charge in [-0.25, -0.2) is 9.36 Å². The summed E-state index contributed by atoms with van der Waals surface area (Å²) >= 11 is 0. The molecule has 0 radical (unpaired) electrons. The molecule has 0 saturated carbocycles. The standard InChI is InChI=1S/C6H11O7P/c1-2-3-12-6(9)14(10,11)13-5(8)4-7/h2,5,7-8H,1,3-4H2,(H,10,11). The van der Waals surface area contributed by atoms with Crippen LogP contribution in [-0.2, 0) is 13.8 Å². The summed E-state index contributed by atoms with van der Waals surface area (Å²) in [6.45, 7) is 2.06. The van der Waals surface area contributed by atoms with Crippen LogP contribution >= 0.6 is 7.60 Å². The maximum Gasteiger partial charge on any atom is 0.438 e. The average Bonchev–Trinajstić information content (AvgIpc) is 2.13. The Labute approximate surface area is 80.1 Å². The van der Waals surface area contributed by atoms with E-state index in [0.29, 0.717) is 0 Å². The van der Waals surface area contributed by atoms with E-state index in [0.717, 1.165) is 0 Å². The maximum atomic E-state index is 10.9. The summed E-state index contributed by atoms with van der Waals surface area (Å²) < 4.78 is 19.1. The van der Waals surface area contributed by atoms with Crippen LogP contribution in [0.4, 0.5) is 4.79 Å². The van der Waals surface area contributed by atoms with E-state index in [1.807, 2.05) is 0 Å². The van der Waals surface area contributed by atoms with Crippen LogP contribution < -0.4 is 0 Å². The molecule has 0 spiro atoms. The fraction of sp³-hybridized carbons (Fsp3) is 0.500. The average molecular weight is 226 g/mol. The van der Waals surface area contributed by atoms with E-state index in [9.17, 15) is 9.36 Å². The molecule has 0 saturated heterocycles. The van der Waals surface area contributed by atoms with E-state index in [4.69, 9.17) is 15.1 Å². The lowest BCUT2D eigenvalue weighted by Gasteiger charge is -2.13. The first-order valence-corrected chi connectivity index (χ1v) is 5.10. The molecule has 0 amide bonds. The van der Waals surface area contributed by atoms with Gasteiger partial charge in [-0.1, -0.05) is 12.7 Å². The molecular weight excluding hydrogens is 215 g/mol. The second-order valence-electron chi connectivity index (χ2n) is 2.13. The van der Waals surface area contributed by atoms with E-state index in [2.05, 4.69) is 15.8 Å². The zero-order valence-corrected chi connectivity index (χ0v) is 8.09. The number of aliphatic hydroxyl groups is 2. The summed E-state index contributed by atoms with van der Waals surface area (Å²) in [6, 6.07) is 0. The Bertz CT molecular complexity index is 251. The predicted octanol–water partition coefficient (Wildman–Crippen LogP) is -0.178. The van der Waals surface area contributed by atoms with Crippen molar-refractivity contribution in [3.8, 4) is 0 Å². The highest BCUT2D eigenvalue weighted by atomic mass is 31.2. The number of carbonyl (C=O) groups is 1. The summed E-state index contributed by atoms with van der Waals surface area (Å²) in [5.41, 5.74) is -1.51. The van der Waals surface area contributed by atoms with Crippen LogP contribution in [-0.4, -0.2) is 40.3 Å². The van der Waals surface area contributed by atoms with Gasteiger partial charge in [-0.3, -0.25) is 4.52 Å². The largest absolute Gasteiger partial charge is 0.452 e. The fourth-order valence-electron chi connectivity index (χ4n) is 0.453. The molecule has 0 aliphatic heterocycles. The number of rotatable bonds is 6. The van der Waals surface area contributed by atoms with Gasteiger partial charge < -0.3 is 19.8 Å². The first kappa shape index (κ1) is 13.3. The normalized spacial score (nSPS) is 16.8. The van der Waals surface area contributed by atoms with Crippen LogP contribution in [0.1, 0.15) is 0 Å². The quantitative estimate of drug-likeness (QED) is 0.327. The van der Waals surface area contributed by atoms with Crippen molar-refractivity contribution in [3.63, 3.8) is 0 Å². The Kier molecular flexibility index (Phi) is 5.59. The van der Waals surface area contributed by atoms with Crippen LogP contribution in [0.25, 0.3) is 0 Å². The summed E-state index contributed by atoms with van der Waals surface area (Å²) in [5.74, 6) is 0. The molecule has 0 aromatic rings. The third-order valence-electron chi connectivity index (χ3n) is 0.976. The number of hydrogen-bond donors (Lipinski definition) is 3. The third kappa shape index (κ3) is 4.50. The number of hydrogen-bond acceptors (Lipinski definition) is 6. The molecule has 7 nitrogen and oxygen atoms in total. The van der Waals surface area contributed by atoms with Gasteiger partial charge in [0.15, 0.2) is 6.29 Å². The van der Waals surface area contributed by atoms with Gasteiger partial charge >= 0.3 is 13.3 Å². The first-order chi connectivity index (χ1) is 6.44. The van der Waals surface area contributed by atoms with Crippen molar-refractivity contribution in [2.75, 3.05) is 13.2 Å². The van der Waals surface area contributed by atoms with Gasteiger partial charge in [-0.05, 0) is 0 Å². The Morgan fingerprint density at radius 3 is 2.64 bits per heavy atom. The van der Waals surface area contributed by atoms with E-state index in [1.54, 1.807) is 0 Å². The SMILES string of the molecule is C=CCOC(=O)P(=O)(O)OC(O)CO. The van der Waals surface area contributed by atoms with Crippen molar-refractivity contribution in [3.05, 3.63) is 12.7 Å². The van der Waals surface area contributed by atoms with Crippen LogP contribution in [0.2, 0.25) is 0 Å². The zero-order chi connectivity index (χ0) is 11.2. The highest BCUT2D eigenvalue weighted by Crippen LogP contribution is 2.44. The molecule has 0 rings (SSSR count). The molecule has 0 aromatic heterocycles. The molecule has 8 heteroatoms. The second kappa shape index (κ2) is 5.90. The Balaban J connectivity index is 4.23. The number of carbonyl (C=O) groups excluding carboxylic acids is 1. The van der Waals surface area contributed by atoms with E-state index >= 15 is 0 Å². The highest BCUT2D eigenvalue weighted by Gasteiger charge is 2.35. The summed E-state index contributed by atoms with van der Waals surface area (Å²) in [7, 11) is -4.70. The Hall–Kier alpha value is -0.720. The van der Waals surface area contributed by atoms with Crippen LogP contribution in [0.5, 0.6) is 0 Å². The van der Waals surface area contributed by atoms with E-state index in [-0.39, 0.29) is 6.61 Å². The topological polar surface area (TPSA) is 113 Å². The van der Waals surface area contributed by atoms with Gasteiger partial charge in [0.2, 0.25) is 0 Å². The number of aliphatic hydroxyl groups excluding tert-OH is 2. The molecule has 0 aromatic carbocycles. The van der Waals surface area contributed by atoms with E-state index < -0.39 is 26.2 Å². The minimum atomic E-state index is -4.70. The van der Waals surface area contributed by atoms with Crippen molar-refractivity contribution in [2.45, 2.75) is 6.29 Å². The zero-order valence-electron chi connectivity index (χ0n) is 7.20. The van der Waals surface area contributed by atoms with Gasteiger partial charge in [-0.15, -0.1) is 0 Å². The van der Waals surface area contributed by atoms with Crippen molar-refractivity contribution in [1.29, 1.82) is 0 Å². The molecule has 3 N–H and O–H groups in total. The summed E-state index contributed by atoms with van der Waals surface area (Å²) in [4.78, 5) is 19.6. The lowest BCUT2D eigenvalue weighted by Crippen LogP contribution is -2.18. The molecule has 82 valence electrons. The van der Waals surface area contributed by atoms with Gasteiger partial charge in [0.1, 0.15) is 6.61 Å². The number of ether oxygens (including phenoxy) is 1. The minimum Gasteiger partial charge on any atom is -0.452 e. The smallest absolute Gasteiger partial charge is 0.438 e. The van der Waals surface area contributed by atoms with Gasteiger partial charge in [0, 0.05) is 0 Å². The lowest BCUT2D eigenvalue weighted by atomic mass is 10.7. The molecular formula is C6H11O7P. The molecule has 0 aliphatic carbocycles. The molecule has 2 unspecified atom stereocenters.